The molecule has 1 fully saturated rings. The van der Waals surface area contributed by atoms with Crippen LogP contribution in [0.1, 0.15) is 31.2 Å². The summed E-state index contributed by atoms with van der Waals surface area (Å²) >= 11 is 1.19. The van der Waals surface area contributed by atoms with E-state index < -0.39 is 51.7 Å². The van der Waals surface area contributed by atoms with E-state index in [-0.39, 0.29) is 35.8 Å². The molecule has 0 aliphatic heterocycles. The number of nitriles is 1. The van der Waals surface area contributed by atoms with Crippen molar-refractivity contribution in [1.29, 1.82) is 5.26 Å². The number of hydrogen-bond donors (Lipinski definition) is 2. The largest absolute Gasteiger partial charge is 0.490 e. The maximum absolute atomic E-state index is 13.3. The quantitative estimate of drug-likeness (QED) is 0.199. The van der Waals surface area contributed by atoms with Gasteiger partial charge in [-0.2, -0.15) is 18.4 Å². The number of rotatable bonds is 12. The molecule has 0 radical (unpaired) electrons. The third-order valence-electron chi connectivity index (χ3n) is 7.14. The predicted molar refractivity (Wildman–Crippen MR) is 157 cm³/mol. The average molecular weight is 655 g/mol. The maximum atomic E-state index is 13.3. The molecule has 44 heavy (non-hydrogen) atoms. The molecule has 2 atom stereocenters. The Morgan fingerprint density at radius 2 is 1.73 bits per heavy atom. The predicted octanol–water partition coefficient (Wildman–Crippen LogP) is 3.61. The van der Waals surface area contributed by atoms with Gasteiger partial charge in [-0.25, -0.2) is 13.2 Å². The average Bonchev–Trinajstić information content (AvgIpc) is 2.98. The van der Waals surface area contributed by atoms with Gasteiger partial charge in [-0.3, -0.25) is 9.59 Å². The number of alkyl halides is 3. The van der Waals surface area contributed by atoms with Crippen molar-refractivity contribution in [2.75, 3.05) is 37.0 Å². The first-order valence-corrected chi connectivity index (χ1v) is 16.3. The molecule has 2 N–H and O–H groups in total. The third kappa shape index (κ3) is 9.12. The second kappa shape index (κ2) is 14.8. The number of sulfone groups is 1. The molecule has 10 nitrogen and oxygen atoms in total. The van der Waals surface area contributed by atoms with E-state index in [1.165, 1.54) is 36.0 Å². The molecule has 238 valence electrons. The van der Waals surface area contributed by atoms with Crippen LogP contribution < -0.4 is 15.5 Å². The highest BCUT2D eigenvalue weighted by atomic mass is 32.2. The molecule has 3 rings (SSSR count). The fourth-order valence-corrected chi connectivity index (χ4v) is 7.26. The van der Waals surface area contributed by atoms with Gasteiger partial charge in [-0.1, -0.05) is 18.6 Å². The summed E-state index contributed by atoms with van der Waals surface area (Å²) in [5.74, 6) is -5.95. The highest BCUT2D eigenvalue weighted by molar-refractivity contribution is 8.00. The van der Waals surface area contributed by atoms with E-state index in [0.717, 1.165) is 11.3 Å². The number of nitrogens with one attached hydrogen (secondary N) is 2. The summed E-state index contributed by atoms with van der Waals surface area (Å²) < 4.78 is 70.8. The summed E-state index contributed by atoms with van der Waals surface area (Å²) in [5.41, 5.74) is -0.446. The van der Waals surface area contributed by atoms with Crippen molar-refractivity contribution >= 4 is 45.1 Å². The molecule has 2 aromatic carbocycles. The number of esters is 1. The second-order valence-electron chi connectivity index (χ2n) is 10.4. The summed E-state index contributed by atoms with van der Waals surface area (Å²) in [4.78, 5) is 39.6. The molecular weight excluding hydrogens is 621 g/mol. The monoisotopic (exact) mass is 654 g/mol. The van der Waals surface area contributed by atoms with Crippen LogP contribution in [0.3, 0.4) is 0 Å². The van der Waals surface area contributed by atoms with Crippen molar-refractivity contribution in [2.24, 2.45) is 5.92 Å². The molecule has 1 saturated carbocycles. The van der Waals surface area contributed by atoms with E-state index in [1.807, 2.05) is 43.3 Å². The molecular formula is C29H33F3N4O6S2. The van der Waals surface area contributed by atoms with Crippen LogP contribution in [0, 0.1) is 17.2 Å². The van der Waals surface area contributed by atoms with Crippen LogP contribution in [-0.2, 0) is 35.5 Å². The molecule has 0 spiro atoms. The van der Waals surface area contributed by atoms with Gasteiger partial charge in [0.1, 0.15) is 6.54 Å². The molecule has 2 amide bonds. The minimum atomic E-state index is -5.41. The zero-order valence-corrected chi connectivity index (χ0v) is 25.8. The normalized spacial score (nSPS) is 18.5. The molecule has 0 bridgehead atoms. The first-order valence-electron chi connectivity index (χ1n) is 13.6. The zero-order valence-electron chi connectivity index (χ0n) is 24.1. The van der Waals surface area contributed by atoms with Gasteiger partial charge in [0, 0.05) is 37.1 Å². The number of ether oxygens (including phenoxy) is 1. The minimum Gasteiger partial charge on any atom is -0.442 e. The van der Waals surface area contributed by atoms with Crippen LogP contribution in [0.2, 0.25) is 0 Å². The van der Waals surface area contributed by atoms with Gasteiger partial charge < -0.3 is 20.3 Å². The number of benzene rings is 2. The second-order valence-corrected chi connectivity index (χ2v) is 13.5. The Morgan fingerprint density at radius 3 is 2.32 bits per heavy atom. The Bertz CT molecular complexity index is 1480. The lowest BCUT2D eigenvalue weighted by Gasteiger charge is -2.41. The minimum absolute atomic E-state index is 0.00713. The number of carbonyl (C=O) groups is 3. The van der Waals surface area contributed by atoms with Crippen molar-refractivity contribution in [3.05, 3.63) is 54.1 Å². The highest BCUT2D eigenvalue weighted by Crippen LogP contribution is 2.40. The summed E-state index contributed by atoms with van der Waals surface area (Å²) in [6, 6.07) is 15.0. The van der Waals surface area contributed by atoms with Gasteiger partial charge in [0.15, 0.2) is 15.4 Å². The first kappa shape index (κ1) is 34.7. The zero-order chi connectivity index (χ0) is 32.5. The number of nitrogens with zero attached hydrogens (tertiary/aromatic N) is 2. The first-order chi connectivity index (χ1) is 20.7. The fraction of sp³-hybridized carbons (Fsp3) is 0.448. The van der Waals surface area contributed by atoms with Gasteiger partial charge in [0.05, 0.1) is 22.5 Å². The van der Waals surface area contributed by atoms with Crippen molar-refractivity contribution in [3.8, 4) is 6.07 Å². The lowest BCUT2D eigenvalue weighted by atomic mass is 9.75. The van der Waals surface area contributed by atoms with Gasteiger partial charge in [-0.05, 0) is 61.2 Å². The third-order valence-corrected chi connectivity index (χ3v) is 9.99. The van der Waals surface area contributed by atoms with Crippen LogP contribution in [-0.4, -0.2) is 70.1 Å². The van der Waals surface area contributed by atoms with Gasteiger partial charge in [0.25, 0.3) is 5.91 Å². The molecule has 15 heteroatoms. The number of amides is 2. The van der Waals surface area contributed by atoms with E-state index in [4.69, 9.17) is 10.00 Å². The van der Waals surface area contributed by atoms with E-state index >= 15 is 0 Å². The van der Waals surface area contributed by atoms with Crippen molar-refractivity contribution in [2.45, 2.75) is 53.8 Å². The SMILES string of the molecule is CN(C)c1ccc(CNC(=O)CSc2ccc(S(=O)(=O)CC3CCCCC3(OC(=O)C(F)(F)F)C(=O)NCC#N)cc2)cc1. The van der Waals surface area contributed by atoms with E-state index in [1.54, 1.807) is 6.07 Å². The van der Waals surface area contributed by atoms with Crippen molar-refractivity contribution in [1.82, 2.24) is 10.6 Å². The summed E-state index contributed by atoms with van der Waals surface area (Å²) in [6.07, 6.45) is -5.12. The van der Waals surface area contributed by atoms with E-state index in [0.29, 0.717) is 17.9 Å². The number of hydrogen-bond acceptors (Lipinski definition) is 9. The maximum Gasteiger partial charge on any atom is 0.490 e. The summed E-state index contributed by atoms with van der Waals surface area (Å²) in [6.45, 7) is -0.218. The number of halogens is 3. The van der Waals surface area contributed by atoms with Crippen LogP contribution in [0.25, 0.3) is 0 Å². The fourth-order valence-electron chi connectivity index (χ4n) is 4.82. The molecule has 1 aliphatic carbocycles. The van der Waals surface area contributed by atoms with Gasteiger partial charge >= 0.3 is 12.1 Å². The van der Waals surface area contributed by atoms with Crippen LogP contribution in [0.4, 0.5) is 18.9 Å². The Labute approximate surface area is 258 Å². The summed E-state index contributed by atoms with van der Waals surface area (Å²) in [5, 5.41) is 13.8. The molecule has 1 aliphatic rings. The lowest BCUT2D eigenvalue weighted by Crippen LogP contribution is -2.59. The van der Waals surface area contributed by atoms with E-state index in [2.05, 4.69) is 10.6 Å². The Hall–Kier alpha value is -3.77. The molecule has 2 aromatic rings. The topological polar surface area (TPSA) is 146 Å². The number of anilines is 1. The van der Waals surface area contributed by atoms with Crippen molar-refractivity contribution in [3.63, 3.8) is 0 Å². The molecule has 2 unspecified atom stereocenters. The summed E-state index contributed by atoms with van der Waals surface area (Å²) in [7, 11) is -0.303. The molecule has 0 aromatic heterocycles. The standard InChI is InChI=1S/C29H33F3N4O6S2/c1-36(2)22-8-6-20(7-9-22)17-35-25(37)18-43-23-10-12-24(13-11-23)44(40,41)19-21-5-3-4-14-28(21,26(38)34-16-15-33)42-27(39)29(30,31)32/h6-13,21H,3-5,14,16-19H2,1-2H3,(H,34,38)(H,35,37). The Kier molecular flexibility index (Phi) is 11.7. The Balaban J connectivity index is 1.67. The van der Waals surface area contributed by atoms with Crippen molar-refractivity contribution < 1.29 is 40.7 Å². The number of thioether (sulfide) groups is 1. The van der Waals surface area contributed by atoms with E-state index in [9.17, 15) is 36.0 Å². The molecule has 0 heterocycles. The lowest BCUT2D eigenvalue weighted by molar-refractivity contribution is -0.221. The Morgan fingerprint density at radius 1 is 1.07 bits per heavy atom. The molecule has 0 saturated heterocycles. The van der Waals surface area contributed by atoms with Crippen LogP contribution in [0.15, 0.2) is 58.3 Å². The van der Waals surface area contributed by atoms with Gasteiger partial charge in [0.2, 0.25) is 5.91 Å². The smallest absolute Gasteiger partial charge is 0.442 e. The van der Waals surface area contributed by atoms with Crippen LogP contribution in [0.5, 0.6) is 0 Å². The van der Waals surface area contributed by atoms with Crippen LogP contribution >= 0.6 is 11.8 Å². The highest BCUT2D eigenvalue weighted by Gasteiger charge is 2.55. The number of carbonyl (C=O) groups excluding carboxylic acids is 3. The van der Waals surface area contributed by atoms with Gasteiger partial charge in [-0.15, -0.1) is 11.8 Å².